The number of fused-ring (bicyclic) bond motifs is 3. The van der Waals surface area contributed by atoms with Crippen molar-refractivity contribution in [2.45, 2.75) is 45.7 Å². The number of thiophene rings is 1. The first-order valence-electron chi connectivity index (χ1n) is 8.36. The maximum Gasteiger partial charge on any atom is 0.332 e. The second-order valence-electron chi connectivity index (χ2n) is 6.43. The van der Waals surface area contributed by atoms with Crippen LogP contribution in [0.4, 0.5) is 0 Å². The molecule has 3 aromatic heterocycles. The highest BCUT2D eigenvalue weighted by Crippen LogP contribution is 2.34. The number of hydrogen-bond acceptors (Lipinski definition) is 5. The van der Waals surface area contributed by atoms with Crippen molar-refractivity contribution in [2.24, 2.45) is 0 Å². The molecule has 0 unspecified atom stereocenters. The maximum absolute atomic E-state index is 13.1. The molecule has 0 spiro atoms. The Labute approximate surface area is 147 Å². The van der Waals surface area contributed by atoms with Crippen LogP contribution in [-0.2, 0) is 30.7 Å². The van der Waals surface area contributed by atoms with Crippen molar-refractivity contribution < 1.29 is 9.21 Å². The lowest BCUT2D eigenvalue weighted by Crippen LogP contribution is -2.41. The third kappa shape index (κ3) is 2.68. The van der Waals surface area contributed by atoms with Gasteiger partial charge in [-0.1, -0.05) is 0 Å². The van der Waals surface area contributed by atoms with Gasteiger partial charge in [-0.15, -0.1) is 11.3 Å². The van der Waals surface area contributed by atoms with Gasteiger partial charge in [0.05, 0.1) is 24.7 Å². The van der Waals surface area contributed by atoms with E-state index in [0.29, 0.717) is 16.0 Å². The third-order valence-corrected chi connectivity index (χ3v) is 5.91. The predicted octanol–water partition coefficient (Wildman–Crippen LogP) is 2.33. The monoisotopic (exact) mass is 358 g/mol. The second kappa shape index (κ2) is 6.15. The van der Waals surface area contributed by atoms with Crippen molar-refractivity contribution in [3.63, 3.8) is 0 Å². The Morgan fingerprint density at radius 3 is 2.76 bits per heavy atom. The van der Waals surface area contributed by atoms with Crippen LogP contribution in [0.25, 0.3) is 10.2 Å². The van der Waals surface area contributed by atoms with Gasteiger partial charge < -0.3 is 4.42 Å². The normalized spacial score (nSPS) is 14.0. The van der Waals surface area contributed by atoms with Gasteiger partial charge in [0.25, 0.3) is 5.56 Å². The van der Waals surface area contributed by atoms with Crippen molar-refractivity contribution in [1.29, 1.82) is 0 Å². The van der Waals surface area contributed by atoms with Crippen LogP contribution in [0.5, 0.6) is 0 Å². The molecule has 0 amide bonds. The number of rotatable bonds is 4. The lowest BCUT2D eigenvalue weighted by atomic mass is 9.97. The highest BCUT2D eigenvalue weighted by Gasteiger charge is 2.24. The van der Waals surface area contributed by atoms with E-state index in [4.69, 9.17) is 4.42 Å². The predicted molar refractivity (Wildman–Crippen MR) is 95.5 cm³/mol. The van der Waals surface area contributed by atoms with E-state index in [1.165, 1.54) is 38.5 Å². The van der Waals surface area contributed by atoms with Crippen molar-refractivity contribution in [1.82, 2.24) is 9.13 Å². The molecule has 3 heterocycles. The Balaban J connectivity index is 2.03. The number of ketones is 1. The summed E-state index contributed by atoms with van der Waals surface area (Å²) < 4.78 is 7.94. The van der Waals surface area contributed by atoms with Crippen LogP contribution in [0.15, 0.2) is 32.4 Å². The lowest BCUT2D eigenvalue weighted by molar-refractivity contribution is -0.117. The van der Waals surface area contributed by atoms with Crippen molar-refractivity contribution in [2.75, 3.05) is 0 Å². The summed E-state index contributed by atoms with van der Waals surface area (Å²) in [6.07, 6.45) is 5.43. The highest BCUT2D eigenvalue weighted by atomic mass is 32.1. The Morgan fingerprint density at radius 1 is 1.24 bits per heavy atom. The van der Waals surface area contributed by atoms with E-state index >= 15 is 0 Å². The molecule has 0 atom stereocenters. The van der Waals surface area contributed by atoms with Crippen molar-refractivity contribution in [3.05, 3.63) is 55.4 Å². The van der Waals surface area contributed by atoms with Gasteiger partial charge >= 0.3 is 5.69 Å². The van der Waals surface area contributed by atoms with Gasteiger partial charge in [-0.2, -0.15) is 0 Å². The average Bonchev–Trinajstić information content (AvgIpc) is 3.22. The van der Waals surface area contributed by atoms with E-state index in [2.05, 4.69) is 0 Å². The lowest BCUT2D eigenvalue weighted by Gasteiger charge is -2.12. The smallest absolute Gasteiger partial charge is 0.332 e. The van der Waals surface area contributed by atoms with E-state index in [0.717, 1.165) is 31.2 Å². The molecule has 6 nitrogen and oxygen atoms in total. The summed E-state index contributed by atoms with van der Waals surface area (Å²) in [6.45, 7) is 1.50. The summed E-state index contributed by atoms with van der Waals surface area (Å²) in [7, 11) is 0. The molecule has 25 heavy (non-hydrogen) atoms. The molecule has 1 aliphatic rings. The third-order valence-electron chi connectivity index (χ3n) is 4.59. The number of carbonyl (C=O) groups is 1. The fourth-order valence-electron chi connectivity index (χ4n) is 3.48. The number of Topliss-reactive ketones (excluding diaryl/α,β-unsaturated/α-hetero) is 1. The number of aryl methyl sites for hydroxylation is 2. The second-order valence-corrected chi connectivity index (χ2v) is 7.52. The minimum atomic E-state index is -0.456. The first-order chi connectivity index (χ1) is 12.1. The quantitative estimate of drug-likeness (QED) is 0.717. The molecule has 130 valence electrons. The summed E-state index contributed by atoms with van der Waals surface area (Å²) in [5.74, 6) is 0.426. The molecule has 0 N–H and O–H groups in total. The van der Waals surface area contributed by atoms with Crippen molar-refractivity contribution >= 4 is 27.3 Å². The van der Waals surface area contributed by atoms with Crippen LogP contribution in [-0.4, -0.2) is 14.9 Å². The van der Waals surface area contributed by atoms with E-state index in [9.17, 15) is 14.4 Å². The minimum absolute atomic E-state index is 0.0207. The fourth-order valence-corrected chi connectivity index (χ4v) is 4.85. The zero-order valence-electron chi connectivity index (χ0n) is 13.9. The van der Waals surface area contributed by atoms with Gasteiger partial charge in [-0.05, 0) is 50.3 Å². The number of nitrogens with zero attached hydrogens (tertiary/aromatic N) is 2. The summed E-state index contributed by atoms with van der Waals surface area (Å²) in [6, 6.07) is 3.45. The maximum atomic E-state index is 13.1. The molecule has 1 aliphatic carbocycles. The van der Waals surface area contributed by atoms with Crippen molar-refractivity contribution in [3.8, 4) is 0 Å². The number of furan rings is 1. The standard InChI is InChI=1S/C18H18N2O4S/c1-11(21)9-20-17-15(13-6-2-3-7-14(13)25-17)16(22)19(18(20)23)10-12-5-4-8-24-12/h4-5,8H,2-3,6-7,9-10H2,1H3. The molecular formula is C18H18N2O4S. The molecule has 7 heteroatoms. The minimum Gasteiger partial charge on any atom is -0.467 e. The molecule has 0 fully saturated rings. The molecule has 4 rings (SSSR count). The molecule has 0 radical (unpaired) electrons. The van der Waals surface area contributed by atoms with Crippen LogP contribution < -0.4 is 11.2 Å². The van der Waals surface area contributed by atoms with Crippen LogP contribution in [0, 0.1) is 0 Å². The van der Waals surface area contributed by atoms with Crippen LogP contribution in [0.1, 0.15) is 36.0 Å². The number of hydrogen-bond donors (Lipinski definition) is 0. The van der Waals surface area contributed by atoms with Gasteiger partial charge in [-0.3, -0.25) is 18.7 Å². The molecule has 0 aromatic carbocycles. The van der Waals surface area contributed by atoms with Gasteiger partial charge in [0.1, 0.15) is 16.4 Å². The van der Waals surface area contributed by atoms with Crippen LogP contribution in [0.3, 0.4) is 0 Å². The number of carbonyl (C=O) groups excluding carboxylic acids is 1. The van der Waals surface area contributed by atoms with Gasteiger partial charge in [0.2, 0.25) is 0 Å². The zero-order chi connectivity index (χ0) is 17.6. The van der Waals surface area contributed by atoms with E-state index in [1.807, 2.05) is 0 Å². The molecule has 0 aliphatic heterocycles. The molecule has 0 saturated carbocycles. The zero-order valence-corrected chi connectivity index (χ0v) is 14.7. The van der Waals surface area contributed by atoms with E-state index in [1.54, 1.807) is 12.1 Å². The van der Waals surface area contributed by atoms with Gasteiger partial charge in [-0.25, -0.2) is 4.79 Å². The molecule has 3 aromatic rings. The Morgan fingerprint density at radius 2 is 2.04 bits per heavy atom. The first-order valence-corrected chi connectivity index (χ1v) is 9.17. The SMILES string of the molecule is CC(=O)Cn1c(=O)n(Cc2ccco2)c(=O)c2c3c(sc21)CCCC3. The first kappa shape index (κ1) is 16.1. The van der Waals surface area contributed by atoms with E-state index < -0.39 is 5.69 Å². The summed E-state index contributed by atoms with van der Waals surface area (Å²) in [5, 5.41) is 0.604. The van der Waals surface area contributed by atoms with Gasteiger partial charge in [0, 0.05) is 4.88 Å². The summed E-state index contributed by atoms with van der Waals surface area (Å²) >= 11 is 1.49. The Bertz CT molecular complexity index is 1070. The molecule has 0 saturated heterocycles. The average molecular weight is 358 g/mol. The summed E-state index contributed by atoms with van der Waals surface area (Å²) in [5.41, 5.74) is 0.319. The van der Waals surface area contributed by atoms with Crippen LogP contribution in [0.2, 0.25) is 0 Å². The highest BCUT2D eigenvalue weighted by molar-refractivity contribution is 7.18. The van der Waals surface area contributed by atoms with Gasteiger partial charge in [0.15, 0.2) is 0 Å². The van der Waals surface area contributed by atoms with Crippen LogP contribution >= 0.6 is 11.3 Å². The summed E-state index contributed by atoms with van der Waals surface area (Å²) in [4.78, 5) is 39.5. The Hall–Kier alpha value is -2.41. The topological polar surface area (TPSA) is 74.2 Å². The Kier molecular flexibility index (Phi) is 3.95. The largest absolute Gasteiger partial charge is 0.467 e. The molecule has 0 bridgehead atoms. The number of aromatic nitrogens is 2. The van der Waals surface area contributed by atoms with E-state index in [-0.39, 0.29) is 24.4 Å². The molecular weight excluding hydrogens is 340 g/mol. The fraction of sp³-hybridized carbons (Fsp3) is 0.389.